The van der Waals surface area contributed by atoms with E-state index in [-0.39, 0.29) is 0 Å². The van der Waals surface area contributed by atoms with Crippen LogP contribution in [0.4, 0.5) is 0 Å². The maximum absolute atomic E-state index is 4.32. The van der Waals surface area contributed by atoms with Gasteiger partial charge in [-0.25, -0.2) is 4.98 Å². The van der Waals surface area contributed by atoms with Crippen LogP contribution in [0.2, 0.25) is 0 Å². The number of aryl methyl sites for hydroxylation is 1. The van der Waals surface area contributed by atoms with Gasteiger partial charge in [0.1, 0.15) is 11.3 Å². The summed E-state index contributed by atoms with van der Waals surface area (Å²) in [5.41, 5.74) is 2.77. The molecule has 0 aromatic carbocycles. The summed E-state index contributed by atoms with van der Waals surface area (Å²) < 4.78 is 1.74. The minimum atomic E-state index is 0.844. The van der Waals surface area contributed by atoms with Crippen molar-refractivity contribution < 1.29 is 0 Å². The highest BCUT2D eigenvalue weighted by molar-refractivity contribution is 5.92. The normalized spacial score (nSPS) is 11.0. The minimum absolute atomic E-state index is 0.844. The molecule has 0 amide bonds. The fourth-order valence-corrected chi connectivity index (χ4v) is 1.65. The molecule has 1 N–H and O–H groups in total. The van der Waals surface area contributed by atoms with Crippen molar-refractivity contribution >= 4 is 11.0 Å². The molecule has 3 aromatic rings. The number of hydrogen-bond donors (Lipinski definition) is 1. The molecule has 4 heteroatoms. The van der Waals surface area contributed by atoms with Gasteiger partial charge in [0.15, 0.2) is 0 Å². The summed E-state index contributed by atoms with van der Waals surface area (Å²) >= 11 is 0. The minimum Gasteiger partial charge on any atom is -0.345 e. The smallest absolute Gasteiger partial charge is 0.137 e. The second-order valence-corrected chi connectivity index (χ2v) is 3.40. The van der Waals surface area contributed by atoms with E-state index in [1.165, 1.54) is 0 Å². The number of nitrogens with one attached hydrogen (secondary N) is 1. The molecule has 0 aliphatic rings. The highest BCUT2D eigenvalue weighted by atomic mass is 15.2. The monoisotopic (exact) mass is 197 g/mol. The third-order valence-corrected chi connectivity index (χ3v) is 2.35. The van der Waals surface area contributed by atoms with Crippen LogP contribution < -0.4 is 0 Å². The molecule has 0 atom stereocenters. The van der Waals surface area contributed by atoms with Gasteiger partial charge in [-0.15, -0.1) is 0 Å². The molecule has 3 rings (SSSR count). The zero-order valence-corrected chi connectivity index (χ0v) is 8.23. The first-order valence-corrected chi connectivity index (χ1v) is 4.68. The second kappa shape index (κ2) is 2.95. The fourth-order valence-electron chi connectivity index (χ4n) is 1.65. The zero-order chi connectivity index (χ0) is 10.3. The van der Waals surface area contributed by atoms with Gasteiger partial charge in [-0.05, 0) is 12.1 Å². The van der Waals surface area contributed by atoms with Gasteiger partial charge in [-0.3, -0.25) is 4.68 Å². The van der Waals surface area contributed by atoms with Gasteiger partial charge in [0.25, 0.3) is 0 Å². The summed E-state index contributed by atoms with van der Waals surface area (Å²) in [7, 11) is 1.88. The second-order valence-electron chi connectivity index (χ2n) is 3.40. The summed E-state index contributed by atoms with van der Waals surface area (Å²) in [6.07, 6.45) is 5.49. The number of H-pyrrole nitrogens is 1. The summed E-state index contributed by atoms with van der Waals surface area (Å²) in [5, 5.41) is 5.39. The number of aromatic amines is 1. The molecule has 4 nitrogen and oxygen atoms in total. The summed E-state index contributed by atoms with van der Waals surface area (Å²) in [6.45, 7) is 0. The standard InChI is InChI=1S/C11H9N4/c1-15-6-4-10(14-15)9-7-13-11-8(9)3-2-5-12-11/h2-3,5-7H,1H3,(H,12,13). The molecule has 3 aromatic heterocycles. The number of hydrogen-bond acceptors (Lipinski definition) is 2. The Morgan fingerprint density at radius 3 is 3.20 bits per heavy atom. The summed E-state index contributed by atoms with van der Waals surface area (Å²) in [4.78, 5) is 7.35. The lowest BCUT2D eigenvalue weighted by molar-refractivity contribution is 0.771. The quantitative estimate of drug-likeness (QED) is 0.646. The Morgan fingerprint density at radius 1 is 1.47 bits per heavy atom. The largest absolute Gasteiger partial charge is 0.345 e. The fraction of sp³-hybridized carbons (Fsp3) is 0.0909. The van der Waals surface area contributed by atoms with Crippen molar-refractivity contribution in [1.29, 1.82) is 0 Å². The predicted molar refractivity (Wildman–Crippen MR) is 57.1 cm³/mol. The third-order valence-electron chi connectivity index (χ3n) is 2.35. The molecule has 0 aliphatic heterocycles. The molecule has 3 heterocycles. The van der Waals surface area contributed by atoms with Crippen LogP contribution in [-0.4, -0.2) is 19.7 Å². The van der Waals surface area contributed by atoms with Crippen molar-refractivity contribution in [3.8, 4) is 11.3 Å². The molecule has 15 heavy (non-hydrogen) atoms. The SMILES string of the molecule is Cn1c[c]c(-c2c[nH]c3ncccc23)n1. The Morgan fingerprint density at radius 2 is 2.40 bits per heavy atom. The third kappa shape index (κ3) is 1.22. The average molecular weight is 197 g/mol. The van der Waals surface area contributed by atoms with Gasteiger partial charge in [-0.1, -0.05) is 0 Å². The number of aromatic nitrogens is 4. The lowest BCUT2D eigenvalue weighted by atomic mass is 10.2. The van der Waals surface area contributed by atoms with Crippen molar-refractivity contribution in [1.82, 2.24) is 19.7 Å². The van der Waals surface area contributed by atoms with Gasteiger partial charge < -0.3 is 4.98 Å². The Kier molecular flexibility index (Phi) is 1.62. The average Bonchev–Trinajstić information content (AvgIpc) is 2.83. The van der Waals surface area contributed by atoms with Crippen LogP contribution in [0.15, 0.2) is 30.7 Å². The molecular formula is C11H9N4. The Labute approximate surface area is 86.6 Å². The maximum Gasteiger partial charge on any atom is 0.137 e. The lowest BCUT2D eigenvalue weighted by Crippen LogP contribution is -1.87. The van der Waals surface area contributed by atoms with Crippen molar-refractivity contribution in [2.24, 2.45) is 7.05 Å². The van der Waals surface area contributed by atoms with Gasteiger partial charge in [-0.2, -0.15) is 5.10 Å². The summed E-state index contributed by atoms with van der Waals surface area (Å²) in [6, 6.07) is 7.05. The topological polar surface area (TPSA) is 46.5 Å². The number of pyridine rings is 1. The lowest BCUT2D eigenvalue weighted by Gasteiger charge is -1.92. The first-order valence-electron chi connectivity index (χ1n) is 4.68. The first-order chi connectivity index (χ1) is 7.34. The highest BCUT2D eigenvalue weighted by Crippen LogP contribution is 2.25. The van der Waals surface area contributed by atoms with E-state index < -0.39 is 0 Å². The number of fused-ring (bicyclic) bond motifs is 1. The van der Waals surface area contributed by atoms with Crippen LogP contribution in [0.1, 0.15) is 0 Å². The van der Waals surface area contributed by atoms with Gasteiger partial charge >= 0.3 is 0 Å². The van der Waals surface area contributed by atoms with Crippen LogP contribution in [0.3, 0.4) is 0 Å². The van der Waals surface area contributed by atoms with Gasteiger partial charge in [0.2, 0.25) is 0 Å². The number of rotatable bonds is 1. The van der Waals surface area contributed by atoms with E-state index in [0.717, 1.165) is 22.3 Å². The Balaban J connectivity index is 2.27. The van der Waals surface area contributed by atoms with E-state index in [2.05, 4.69) is 21.1 Å². The van der Waals surface area contributed by atoms with Crippen LogP contribution in [0.5, 0.6) is 0 Å². The molecule has 73 valence electrons. The molecule has 0 saturated carbocycles. The van der Waals surface area contributed by atoms with E-state index in [9.17, 15) is 0 Å². The zero-order valence-electron chi connectivity index (χ0n) is 8.23. The molecule has 0 aliphatic carbocycles. The van der Waals surface area contributed by atoms with Crippen LogP contribution in [-0.2, 0) is 7.05 Å². The van der Waals surface area contributed by atoms with Crippen molar-refractivity contribution in [3.05, 3.63) is 36.8 Å². The van der Waals surface area contributed by atoms with E-state index in [0.29, 0.717) is 0 Å². The first kappa shape index (κ1) is 8.23. The van der Waals surface area contributed by atoms with Crippen molar-refractivity contribution in [2.75, 3.05) is 0 Å². The predicted octanol–water partition coefficient (Wildman–Crippen LogP) is 1.76. The van der Waals surface area contributed by atoms with E-state index >= 15 is 0 Å². The van der Waals surface area contributed by atoms with E-state index in [4.69, 9.17) is 0 Å². The molecule has 0 fully saturated rings. The van der Waals surface area contributed by atoms with Gasteiger partial charge in [0, 0.05) is 42.7 Å². The van der Waals surface area contributed by atoms with Gasteiger partial charge in [0.05, 0.1) is 0 Å². The Hall–Kier alpha value is -2.10. The van der Waals surface area contributed by atoms with E-state index in [1.807, 2.05) is 31.6 Å². The van der Waals surface area contributed by atoms with Crippen LogP contribution in [0.25, 0.3) is 22.3 Å². The van der Waals surface area contributed by atoms with Crippen molar-refractivity contribution in [3.63, 3.8) is 0 Å². The molecule has 0 saturated heterocycles. The maximum atomic E-state index is 4.32. The van der Waals surface area contributed by atoms with E-state index in [1.54, 1.807) is 10.9 Å². The van der Waals surface area contributed by atoms with Crippen LogP contribution in [0, 0.1) is 6.07 Å². The Bertz CT molecular complexity index is 606. The highest BCUT2D eigenvalue weighted by Gasteiger charge is 2.08. The molecule has 0 unspecified atom stereocenters. The molecular weight excluding hydrogens is 188 g/mol. The van der Waals surface area contributed by atoms with Crippen LogP contribution >= 0.6 is 0 Å². The molecule has 0 spiro atoms. The molecule has 1 radical (unpaired) electrons. The molecule has 0 bridgehead atoms. The summed E-state index contributed by atoms with van der Waals surface area (Å²) in [5.74, 6) is 0. The number of nitrogens with zero attached hydrogens (tertiary/aromatic N) is 3. The van der Waals surface area contributed by atoms with Crippen molar-refractivity contribution in [2.45, 2.75) is 0 Å².